The second-order valence-corrected chi connectivity index (χ2v) is 6.59. The van der Waals surface area contributed by atoms with Crippen LogP contribution >= 0.6 is 0 Å². The molecule has 1 N–H and O–H groups in total. The molecule has 1 aliphatic carbocycles. The summed E-state index contributed by atoms with van der Waals surface area (Å²) in [4.78, 5) is 13.9. The Morgan fingerprint density at radius 3 is 2.24 bits per heavy atom. The SMILES string of the molecule is O=C1C2CC[NH+](CC2)[C@@]12C[C@@H]2c1ccc(C(F)(F)F)cc1. The molecule has 1 saturated carbocycles. The number of piperidine rings is 3. The lowest BCUT2D eigenvalue weighted by atomic mass is 9.79. The van der Waals surface area contributed by atoms with Crippen LogP contribution in [-0.4, -0.2) is 24.4 Å². The first kappa shape index (κ1) is 13.3. The van der Waals surface area contributed by atoms with Crippen LogP contribution in [0.2, 0.25) is 0 Å². The third-order valence-electron chi connectivity index (χ3n) is 5.63. The Morgan fingerprint density at radius 1 is 1.10 bits per heavy atom. The lowest BCUT2D eigenvalue weighted by Crippen LogP contribution is -3.22. The highest BCUT2D eigenvalue weighted by Gasteiger charge is 2.72. The minimum absolute atomic E-state index is 0.116. The zero-order valence-electron chi connectivity index (χ0n) is 11.5. The van der Waals surface area contributed by atoms with Crippen molar-refractivity contribution >= 4 is 5.78 Å². The number of hydrogen-bond acceptors (Lipinski definition) is 1. The van der Waals surface area contributed by atoms with Gasteiger partial charge in [-0.1, -0.05) is 12.1 Å². The molecular weight excluding hydrogens is 279 g/mol. The van der Waals surface area contributed by atoms with Crippen LogP contribution in [0.4, 0.5) is 13.2 Å². The minimum Gasteiger partial charge on any atom is -0.323 e. The Bertz CT molecular complexity index is 587. The summed E-state index contributed by atoms with van der Waals surface area (Å²) in [5.41, 5.74) is -0.0394. The van der Waals surface area contributed by atoms with E-state index in [0.717, 1.165) is 50.0 Å². The van der Waals surface area contributed by atoms with Gasteiger partial charge in [-0.25, -0.2) is 0 Å². The number of fused-ring (bicyclic) bond motifs is 2. The Morgan fingerprint density at radius 2 is 1.71 bits per heavy atom. The fourth-order valence-electron chi connectivity index (χ4n) is 4.45. The summed E-state index contributed by atoms with van der Waals surface area (Å²) in [5, 5.41) is 0. The van der Waals surface area contributed by atoms with Gasteiger partial charge in [0.05, 0.1) is 24.6 Å². The van der Waals surface area contributed by atoms with Crippen LogP contribution in [0.3, 0.4) is 0 Å². The topological polar surface area (TPSA) is 21.5 Å². The van der Waals surface area contributed by atoms with Crippen molar-refractivity contribution in [1.82, 2.24) is 0 Å². The van der Waals surface area contributed by atoms with E-state index in [0.29, 0.717) is 5.78 Å². The number of nitrogens with one attached hydrogen (secondary N) is 1. The van der Waals surface area contributed by atoms with Crippen LogP contribution in [0.15, 0.2) is 24.3 Å². The maximum Gasteiger partial charge on any atom is 0.416 e. The third-order valence-corrected chi connectivity index (χ3v) is 5.63. The lowest BCUT2D eigenvalue weighted by molar-refractivity contribution is -0.939. The molecule has 3 saturated heterocycles. The molecule has 1 aromatic rings. The van der Waals surface area contributed by atoms with E-state index in [-0.39, 0.29) is 17.4 Å². The molecule has 3 heterocycles. The average Bonchev–Trinajstić information content (AvgIpc) is 3.20. The first-order valence-electron chi connectivity index (χ1n) is 7.49. The summed E-state index contributed by atoms with van der Waals surface area (Å²) in [5.74, 6) is 0.673. The molecule has 21 heavy (non-hydrogen) atoms. The number of alkyl halides is 3. The summed E-state index contributed by atoms with van der Waals surface area (Å²) >= 11 is 0. The highest BCUT2D eigenvalue weighted by molar-refractivity contribution is 5.94. The largest absolute Gasteiger partial charge is 0.416 e. The van der Waals surface area contributed by atoms with E-state index in [9.17, 15) is 18.0 Å². The number of ketones is 1. The van der Waals surface area contributed by atoms with Crippen molar-refractivity contribution in [2.75, 3.05) is 13.1 Å². The number of Topliss-reactive ketones (excluding diaryl/α,β-unsaturated/α-hetero) is 1. The molecule has 2 nitrogen and oxygen atoms in total. The minimum atomic E-state index is -4.30. The van der Waals surface area contributed by atoms with Gasteiger partial charge in [0.2, 0.25) is 0 Å². The van der Waals surface area contributed by atoms with Gasteiger partial charge in [0.25, 0.3) is 0 Å². The number of carbonyl (C=O) groups excluding carboxylic acids is 1. The molecule has 0 aromatic heterocycles. The highest BCUT2D eigenvalue weighted by Crippen LogP contribution is 2.53. The molecule has 0 radical (unpaired) electrons. The zero-order valence-corrected chi connectivity index (χ0v) is 11.5. The van der Waals surface area contributed by atoms with Crippen LogP contribution in [0.1, 0.15) is 36.3 Å². The predicted molar refractivity (Wildman–Crippen MR) is 70.0 cm³/mol. The standard InChI is InChI=1S/C16H16F3NO/c17-16(18,19)12-3-1-10(2-4-12)13-9-15(13)14(21)11-5-7-20(15)8-6-11/h1-4,11,13H,5-9H2/p+1/t13-,15-/m1/s1. The van der Waals surface area contributed by atoms with Crippen LogP contribution in [0.5, 0.6) is 0 Å². The van der Waals surface area contributed by atoms with E-state index in [4.69, 9.17) is 0 Å². The summed E-state index contributed by atoms with van der Waals surface area (Å²) in [6, 6.07) is 5.38. The van der Waals surface area contributed by atoms with Gasteiger partial charge in [-0.15, -0.1) is 0 Å². The maximum atomic E-state index is 12.6. The van der Waals surface area contributed by atoms with E-state index in [2.05, 4.69) is 0 Å². The maximum absolute atomic E-state index is 12.6. The molecule has 1 spiro atoms. The van der Waals surface area contributed by atoms with Gasteiger partial charge < -0.3 is 4.90 Å². The molecule has 0 unspecified atom stereocenters. The second kappa shape index (κ2) is 4.09. The van der Waals surface area contributed by atoms with E-state index >= 15 is 0 Å². The molecule has 4 fully saturated rings. The summed E-state index contributed by atoms with van der Waals surface area (Å²) in [7, 11) is 0. The van der Waals surface area contributed by atoms with Gasteiger partial charge in [-0.3, -0.25) is 4.79 Å². The highest BCUT2D eigenvalue weighted by atomic mass is 19.4. The van der Waals surface area contributed by atoms with Crippen molar-refractivity contribution in [2.45, 2.75) is 36.9 Å². The van der Waals surface area contributed by atoms with Crippen LogP contribution in [-0.2, 0) is 11.0 Å². The van der Waals surface area contributed by atoms with Crippen molar-refractivity contribution in [3.05, 3.63) is 35.4 Å². The molecule has 1 aromatic carbocycles. The molecule has 2 bridgehead atoms. The van der Waals surface area contributed by atoms with Crippen molar-refractivity contribution < 1.29 is 22.9 Å². The number of halogens is 3. The van der Waals surface area contributed by atoms with Gasteiger partial charge in [0.1, 0.15) is 0 Å². The van der Waals surface area contributed by atoms with Gasteiger partial charge in [-0.05, 0) is 17.7 Å². The summed E-state index contributed by atoms with van der Waals surface area (Å²) < 4.78 is 37.8. The van der Waals surface area contributed by atoms with Crippen LogP contribution < -0.4 is 4.90 Å². The Balaban J connectivity index is 1.61. The second-order valence-electron chi connectivity index (χ2n) is 6.59. The number of quaternary nitrogens is 1. The molecule has 3 aliphatic heterocycles. The lowest BCUT2D eigenvalue weighted by Gasteiger charge is -2.42. The molecule has 112 valence electrons. The van der Waals surface area contributed by atoms with Crippen molar-refractivity contribution in [2.24, 2.45) is 5.92 Å². The van der Waals surface area contributed by atoms with E-state index in [1.165, 1.54) is 4.90 Å². The summed E-state index contributed by atoms with van der Waals surface area (Å²) in [6.45, 7) is 2.07. The van der Waals surface area contributed by atoms with Crippen molar-refractivity contribution in [3.63, 3.8) is 0 Å². The third kappa shape index (κ3) is 1.79. The fourth-order valence-corrected chi connectivity index (χ4v) is 4.45. The monoisotopic (exact) mass is 296 g/mol. The molecule has 5 rings (SSSR count). The Labute approximate surface area is 120 Å². The summed E-state index contributed by atoms with van der Waals surface area (Å²) in [6.07, 6.45) is -1.53. The average molecular weight is 296 g/mol. The fraction of sp³-hybridized carbons (Fsp3) is 0.562. The molecule has 0 amide bonds. The predicted octanol–water partition coefficient (Wildman–Crippen LogP) is 1.81. The van der Waals surface area contributed by atoms with Crippen LogP contribution in [0.25, 0.3) is 0 Å². The van der Waals surface area contributed by atoms with Crippen molar-refractivity contribution in [3.8, 4) is 0 Å². The van der Waals surface area contributed by atoms with E-state index < -0.39 is 11.7 Å². The first-order chi connectivity index (χ1) is 9.93. The van der Waals surface area contributed by atoms with Gasteiger partial charge >= 0.3 is 6.18 Å². The van der Waals surface area contributed by atoms with Crippen LogP contribution in [0, 0.1) is 5.92 Å². The Hall–Kier alpha value is -1.36. The first-order valence-corrected chi connectivity index (χ1v) is 7.49. The quantitative estimate of drug-likeness (QED) is 0.838. The van der Waals surface area contributed by atoms with Gasteiger partial charge in [0.15, 0.2) is 11.3 Å². The zero-order chi connectivity index (χ0) is 14.8. The Kier molecular flexibility index (Phi) is 2.60. The molecule has 5 heteroatoms. The normalized spacial score (nSPS) is 38.0. The van der Waals surface area contributed by atoms with Gasteiger partial charge in [0, 0.05) is 25.2 Å². The van der Waals surface area contributed by atoms with E-state index in [1.54, 1.807) is 12.1 Å². The number of rotatable bonds is 1. The van der Waals surface area contributed by atoms with Crippen molar-refractivity contribution in [1.29, 1.82) is 0 Å². The smallest absolute Gasteiger partial charge is 0.323 e. The van der Waals surface area contributed by atoms with E-state index in [1.807, 2.05) is 0 Å². The van der Waals surface area contributed by atoms with Gasteiger partial charge in [-0.2, -0.15) is 13.2 Å². The number of hydrogen-bond donors (Lipinski definition) is 1. The number of carbonyl (C=O) groups is 1. The number of benzene rings is 1. The molecule has 4 aliphatic rings. The molecule has 2 atom stereocenters. The molecular formula is C16H17F3NO+.